The lowest BCUT2D eigenvalue weighted by Gasteiger charge is -2.19. The zero-order valence-corrected chi connectivity index (χ0v) is 10.8. The molecule has 2 aromatic rings. The molecule has 2 N–H and O–H groups in total. The number of benzene rings is 1. The molecule has 1 unspecified atom stereocenters. The van der Waals surface area contributed by atoms with E-state index in [1.54, 1.807) is 6.20 Å². The third-order valence-corrected chi connectivity index (χ3v) is 2.73. The summed E-state index contributed by atoms with van der Waals surface area (Å²) in [6, 6.07) is 8.10. The standard InChI is InChI=1S/C14H19N3O/c1-3-15-13(14-16-9-10-17-14)11-7-5-6-8-12(11)18-4-2/h5-10,13,15H,3-4H2,1-2H3,(H,16,17). The lowest BCUT2D eigenvalue weighted by Crippen LogP contribution is -2.23. The molecule has 0 bridgehead atoms. The topological polar surface area (TPSA) is 49.9 Å². The Hall–Kier alpha value is -1.81. The van der Waals surface area contributed by atoms with Gasteiger partial charge in [-0.3, -0.25) is 0 Å². The molecule has 0 aliphatic carbocycles. The Morgan fingerprint density at radius 3 is 2.83 bits per heavy atom. The van der Waals surface area contributed by atoms with E-state index in [-0.39, 0.29) is 6.04 Å². The molecule has 0 fully saturated rings. The minimum atomic E-state index is 0.0350. The second kappa shape index (κ2) is 6.21. The van der Waals surface area contributed by atoms with E-state index in [1.807, 2.05) is 31.3 Å². The fraction of sp³-hybridized carbons (Fsp3) is 0.357. The van der Waals surface area contributed by atoms with Crippen molar-refractivity contribution in [1.29, 1.82) is 0 Å². The minimum absolute atomic E-state index is 0.0350. The number of aromatic nitrogens is 2. The summed E-state index contributed by atoms with van der Waals surface area (Å²) in [7, 11) is 0. The van der Waals surface area contributed by atoms with Crippen molar-refractivity contribution in [3.05, 3.63) is 48.0 Å². The van der Waals surface area contributed by atoms with Crippen molar-refractivity contribution in [1.82, 2.24) is 15.3 Å². The van der Waals surface area contributed by atoms with E-state index in [0.717, 1.165) is 23.7 Å². The van der Waals surface area contributed by atoms with Gasteiger partial charge >= 0.3 is 0 Å². The normalized spacial score (nSPS) is 12.3. The van der Waals surface area contributed by atoms with E-state index in [0.29, 0.717) is 6.61 Å². The molecular weight excluding hydrogens is 226 g/mol. The predicted octanol–water partition coefficient (Wildman–Crippen LogP) is 2.51. The predicted molar refractivity (Wildman–Crippen MR) is 71.7 cm³/mol. The van der Waals surface area contributed by atoms with Crippen LogP contribution in [0.1, 0.15) is 31.3 Å². The smallest absolute Gasteiger partial charge is 0.127 e. The Morgan fingerprint density at radius 2 is 2.17 bits per heavy atom. The highest BCUT2D eigenvalue weighted by molar-refractivity contribution is 5.38. The van der Waals surface area contributed by atoms with Gasteiger partial charge in [0.2, 0.25) is 0 Å². The molecule has 1 heterocycles. The van der Waals surface area contributed by atoms with Gasteiger partial charge in [0.05, 0.1) is 12.6 Å². The van der Waals surface area contributed by atoms with Gasteiger partial charge in [-0.05, 0) is 19.5 Å². The summed E-state index contributed by atoms with van der Waals surface area (Å²) in [5, 5.41) is 3.43. The van der Waals surface area contributed by atoms with Crippen LogP contribution in [0.4, 0.5) is 0 Å². The van der Waals surface area contributed by atoms with Crippen molar-refractivity contribution in [3.63, 3.8) is 0 Å². The van der Waals surface area contributed by atoms with Crippen LogP contribution in [0.5, 0.6) is 5.75 Å². The van der Waals surface area contributed by atoms with Gasteiger partial charge in [0.15, 0.2) is 0 Å². The first-order valence-corrected chi connectivity index (χ1v) is 6.31. The Bertz CT molecular complexity index is 468. The Morgan fingerprint density at radius 1 is 1.33 bits per heavy atom. The van der Waals surface area contributed by atoms with Gasteiger partial charge in [0.25, 0.3) is 0 Å². The first kappa shape index (κ1) is 12.6. The lowest BCUT2D eigenvalue weighted by molar-refractivity contribution is 0.333. The second-order valence-electron chi connectivity index (χ2n) is 3.94. The highest BCUT2D eigenvalue weighted by Crippen LogP contribution is 2.28. The molecule has 0 amide bonds. The molecule has 0 aliphatic heterocycles. The molecule has 18 heavy (non-hydrogen) atoms. The fourth-order valence-corrected chi connectivity index (χ4v) is 2.00. The molecule has 0 saturated carbocycles. The molecule has 1 aromatic carbocycles. The molecule has 1 atom stereocenters. The summed E-state index contributed by atoms with van der Waals surface area (Å²) < 4.78 is 5.68. The summed E-state index contributed by atoms with van der Waals surface area (Å²) in [5.74, 6) is 1.81. The molecular formula is C14H19N3O. The zero-order valence-electron chi connectivity index (χ0n) is 10.8. The number of para-hydroxylation sites is 1. The van der Waals surface area contributed by atoms with Crippen LogP contribution in [-0.2, 0) is 0 Å². The van der Waals surface area contributed by atoms with E-state index in [4.69, 9.17) is 4.74 Å². The van der Waals surface area contributed by atoms with Crippen molar-refractivity contribution in [2.75, 3.05) is 13.2 Å². The molecule has 0 spiro atoms. The van der Waals surface area contributed by atoms with Crippen LogP contribution in [0, 0.1) is 0 Å². The highest BCUT2D eigenvalue weighted by Gasteiger charge is 2.18. The number of nitrogens with zero attached hydrogens (tertiary/aromatic N) is 1. The molecule has 4 nitrogen and oxygen atoms in total. The summed E-state index contributed by atoms with van der Waals surface area (Å²) >= 11 is 0. The van der Waals surface area contributed by atoms with Crippen LogP contribution in [0.25, 0.3) is 0 Å². The maximum Gasteiger partial charge on any atom is 0.127 e. The number of hydrogen-bond acceptors (Lipinski definition) is 3. The Balaban J connectivity index is 2.36. The SMILES string of the molecule is CCNC(c1ncc[nH]1)c1ccccc1OCC. The van der Waals surface area contributed by atoms with Crippen LogP contribution in [0.2, 0.25) is 0 Å². The summed E-state index contributed by atoms with van der Waals surface area (Å²) in [5.41, 5.74) is 1.11. The van der Waals surface area contributed by atoms with Crippen LogP contribution >= 0.6 is 0 Å². The van der Waals surface area contributed by atoms with Crippen molar-refractivity contribution < 1.29 is 4.74 Å². The van der Waals surface area contributed by atoms with E-state index >= 15 is 0 Å². The number of ether oxygens (including phenoxy) is 1. The van der Waals surface area contributed by atoms with Gasteiger partial charge in [-0.1, -0.05) is 25.1 Å². The first-order valence-electron chi connectivity index (χ1n) is 6.31. The third kappa shape index (κ3) is 2.71. The molecule has 0 saturated heterocycles. The van der Waals surface area contributed by atoms with Crippen molar-refractivity contribution in [2.24, 2.45) is 0 Å². The average molecular weight is 245 g/mol. The largest absolute Gasteiger partial charge is 0.494 e. The molecule has 2 rings (SSSR count). The molecule has 96 valence electrons. The highest BCUT2D eigenvalue weighted by atomic mass is 16.5. The second-order valence-corrected chi connectivity index (χ2v) is 3.94. The number of aromatic amines is 1. The number of imidazole rings is 1. The average Bonchev–Trinajstić information content (AvgIpc) is 2.91. The molecule has 0 radical (unpaired) electrons. The van der Waals surface area contributed by atoms with Crippen molar-refractivity contribution in [3.8, 4) is 5.75 Å². The molecule has 4 heteroatoms. The van der Waals surface area contributed by atoms with Crippen LogP contribution in [0.3, 0.4) is 0 Å². The summed E-state index contributed by atoms with van der Waals surface area (Å²) in [6.07, 6.45) is 3.60. The summed E-state index contributed by atoms with van der Waals surface area (Å²) in [4.78, 5) is 7.50. The fourth-order valence-electron chi connectivity index (χ4n) is 2.00. The lowest BCUT2D eigenvalue weighted by atomic mass is 10.1. The monoisotopic (exact) mass is 245 g/mol. The molecule has 1 aromatic heterocycles. The Kier molecular flexibility index (Phi) is 4.36. The third-order valence-electron chi connectivity index (χ3n) is 2.73. The van der Waals surface area contributed by atoms with Crippen molar-refractivity contribution in [2.45, 2.75) is 19.9 Å². The van der Waals surface area contributed by atoms with Gasteiger partial charge in [-0.25, -0.2) is 4.98 Å². The quantitative estimate of drug-likeness (QED) is 0.822. The van der Waals surface area contributed by atoms with E-state index in [1.165, 1.54) is 0 Å². The number of H-pyrrole nitrogens is 1. The van der Waals surface area contributed by atoms with Crippen LogP contribution in [0.15, 0.2) is 36.7 Å². The maximum atomic E-state index is 5.68. The molecule has 0 aliphatic rings. The van der Waals surface area contributed by atoms with Crippen LogP contribution < -0.4 is 10.1 Å². The van der Waals surface area contributed by atoms with Gasteiger partial charge < -0.3 is 15.0 Å². The van der Waals surface area contributed by atoms with Gasteiger partial charge in [-0.15, -0.1) is 0 Å². The first-order chi connectivity index (χ1) is 8.86. The minimum Gasteiger partial charge on any atom is -0.494 e. The zero-order chi connectivity index (χ0) is 12.8. The summed E-state index contributed by atoms with van der Waals surface area (Å²) in [6.45, 7) is 5.60. The van der Waals surface area contributed by atoms with Gasteiger partial charge in [0, 0.05) is 18.0 Å². The van der Waals surface area contributed by atoms with Gasteiger partial charge in [-0.2, -0.15) is 0 Å². The van der Waals surface area contributed by atoms with Crippen molar-refractivity contribution >= 4 is 0 Å². The number of rotatable bonds is 6. The number of hydrogen-bond donors (Lipinski definition) is 2. The van der Waals surface area contributed by atoms with E-state index in [9.17, 15) is 0 Å². The Labute approximate surface area is 107 Å². The maximum absolute atomic E-state index is 5.68. The van der Waals surface area contributed by atoms with E-state index < -0.39 is 0 Å². The van der Waals surface area contributed by atoms with E-state index in [2.05, 4.69) is 28.3 Å². The number of nitrogens with one attached hydrogen (secondary N) is 2. The van der Waals surface area contributed by atoms with Gasteiger partial charge in [0.1, 0.15) is 11.6 Å². The van der Waals surface area contributed by atoms with Crippen LogP contribution in [-0.4, -0.2) is 23.1 Å².